The van der Waals surface area contributed by atoms with Gasteiger partial charge in [-0.25, -0.2) is 4.79 Å². The fraction of sp³-hybridized carbons (Fsp3) is 0.929. The fourth-order valence-corrected chi connectivity index (χ4v) is 2.70. The zero-order valence-corrected chi connectivity index (χ0v) is 12.8. The molecule has 6 nitrogen and oxygen atoms in total. The number of hydrogen-bond acceptors (Lipinski definition) is 5. The van der Waals surface area contributed by atoms with E-state index in [1.807, 2.05) is 20.8 Å². The van der Waals surface area contributed by atoms with Gasteiger partial charge >= 0.3 is 6.09 Å². The molecule has 0 bridgehead atoms. The van der Waals surface area contributed by atoms with E-state index in [4.69, 9.17) is 4.74 Å². The molecule has 1 amide bonds. The molecule has 6 heteroatoms. The van der Waals surface area contributed by atoms with Crippen molar-refractivity contribution in [2.24, 2.45) is 0 Å². The molecule has 0 radical (unpaired) electrons. The molecule has 1 unspecified atom stereocenters. The Hall–Kier alpha value is -0.850. The molecule has 2 N–H and O–H groups in total. The smallest absolute Gasteiger partial charge is 0.410 e. The number of hydrogen-bond donors (Lipinski definition) is 2. The summed E-state index contributed by atoms with van der Waals surface area (Å²) < 4.78 is 5.37. The lowest BCUT2D eigenvalue weighted by Gasteiger charge is -2.38. The Morgan fingerprint density at radius 2 is 1.95 bits per heavy atom. The number of nitrogens with one attached hydrogen (secondary N) is 1. The van der Waals surface area contributed by atoms with Crippen LogP contribution in [0.15, 0.2) is 0 Å². The van der Waals surface area contributed by atoms with Gasteiger partial charge in [0.2, 0.25) is 0 Å². The van der Waals surface area contributed by atoms with Gasteiger partial charge in [-0.3, -0.25) is 4.90 Å². The van der Waals surface area contributed by atoms with Crippen molar-refractivity contribution in [3.8, 4) is 0 Å². The molecule has 2 heterocycles. The number of piperazine rings is 1. The lowest BCUT2D eigenvalue weighted by molar-refractivity contribution is -0.00770. The number of rotatable bonds is 2. The summed E-state index contributed by atoms with van der Waals surface area (Å²) in [5.41, 5.74) is -1.05. The van der Waals surface area contributed by atoms with Crippen molar-refractivity contribution in [2.75, 3.05) is 45.8 Å². The Bertz CT molecular complexity index is 340. The highest BCUT2D eigenvalue weighted by molar-refractivity contribution is 5.68. The van der Waals surface area contributed by atoms with E-state index in [9.17, 15) is 9.90 Å². The maximum Gasteiger partial charge on any atom is 0.410 e. The molecule has 0 aromatic rings. The van der Waals surface area contributed by atoms with E-state index in [2.05, 4.69) is 10.2 Å². The molecule has 0 spiro atoms. The minimum atomic E-state index is -0.603. The minimum absolute atomic E-state index is 0.238. The Kier molecular flexibility index (Phi) is 4.56. The summed E-state index contributed by atoms with van der Waals surface area (Å²) in [5.74, 6) is 0. The van der Waals surface area contributed by atoms with Gasteiger partial charge in [-0.05, 0) is 33.7 Å². The van der Waals surface area contributed by atoms with Crippen molar-refractivity contribution < 1.29 is 14.6 Å². The summed E-state index contributed by atoms with van der Waals surface area (Å²) in [6, 6.07) is 0. The van der Waals surface area contributed by atoms with Crippen molar-refractivity contribution in [3.05, 3.63) is 0 Å². The number of β-amino-alcohol motifs (C(OH)–C–C–N with tert-alkyl or cyclic N) is 1. The second kappa shape index (κ2) is 5.87. The number of aliphatic hydroxyl groups is 1. The van der Waals surface area contributed by atoms with Gasteiger partial charge in [-0.1, -0.05) is 0 Å². The summed E-state index contributed by atoms with van der Waals surface area (Å²) in [5, 5.41) is 13.6. The van der Waals surface area contributed by atoms with E-state index in [1.54, 1.807) is 4.90 Å². The number of amides is 1. The van der Waals surface area contributed by atoms with E-state index >= 15 is 0 Å². The van der Waals surface area contributed by atoms with E-state index in [1.165, 1.54) is 0 Å². The Labute approximate surface area is 121 Å². The third-order valence-electron chi connectivity index (χ3n) is 3.76. The normalized spacial score (nSPS) is 28.7. The van der Waals surface area contributed by atoms with Crippen molar-refractivity contribution in [2.45, 2.75) is 38.4 Å². The van der Waals surface area contributed by atoms with Gasteiger partial charge in [0.1, 0.15) is 5.60 Å². The zero-order chi connectivity index (χ0) is 14.8. The first-order valence-electron chi connectivity index (χ1n) is 7.41. The predicted molar refractivity (Wildman–Crippen MR) is 76.7 cm³/mol. The fourth-order valence-electron chi connectivity index (χ4n) is 2.70. The molecule has 2 fully saturated rings. The van der Waals surface area contributed by atoms with Gasteiger partial charge in [-0.2, -0.15) is 0 Å². The van der Waals surface area contributed by atoms with Gasteiger partial charge in [0, 0.05) is 39.3 Å². The Morgan fingerprint density at radius 1 is 1.30 bits per heavy atom. The molecular formula is C14H27N3O3. The maximum atomic E-state index is 12.0. The van der Waals surface area contributed by atoms with E-state index < -0.39 is 11.2 Å². The third-order valence-corrected chi connectivity index (χ3v) is 3.76. The molecule has 116 valence electrons. The summed E-state index contributed by atoms with van der Waals surface area (Å²) in [6.45, 7) is 10.8. The van der Waals surface area contributed by atoms with Crippen LogP contribution in [0.5, 0.6) is 0 Å². The molecule has 2 rings (SSSR count). The summed E-state index contributed by atoms with van der Waals surface area (Å²) >= 11 is 0. The van der Waals surface area contributed by atoms with Gasteiger partial charge in [0.25, 0.3) is 0 Å². The van der Waals surface area contributed by atoms with Crippen LogP contribution in [-0.2, 0) is 4.74 Å². The van der Waals surface area contributed by atoms with Crippen LogP contribution in [0.25, 0.3) is 0 Å². The lowest BCUT2D eigenvalue weighted by atomic mass is 10.0. The topological polar surface area (TPSA) is 65.0 Å². The second-order valence-electron chi connectivity index (χ2n) is 6.89. The molecule has 2 aliphatic rings. The largest absolute Gasteiger partial charge is 0.444 e. The average Bonchev–Trinajstić information content (AvgIpc) is 2.74. The SMILES string of the molecule is CC(C)(C)OC(=O)N1CCN(CC2(O)CCNC2)CC1. The Balaban J connectivity index is 1.76. The van der Waals surface area contributed by atoms with Crippen LogP contribution in [0.1, 0.15) is 27.2 Å². The first kappa shape index (κ1) is 15.5. The quantitative estimate of drug-likeness (QED) is 0.762. The molecule has 0 aromatic heterocycles. The van der Waals surface area contributed by atoms with Crippen molar-refractivity contribution in [1.82, 2.24) is 15.1 Å². The standard InChI is InChI=1S/C14H27N3O3/c1-13(2,3)20-12(18)17-8-6-16(7-9-17)11-14(19)4-5-15-10-14/h15,19H,4-11H2,1-3H3. The highest BCUT2D eigenvalue weighted by Gasteiger charge is 2.34. The molecule has 0 aromatic carbocycles. The zero-order valence-electron chi connectivity index (χ0n) is 12.8. The molecule has 0 saturated carbocycles. The van der Waals surface area contributed by atoms with Crippen molar-refractivity contribution in [1.29, 1.82) is 0 Å². The maximum absolute atomic E-state index is 12.0. The molecular weight excluding hydrogens is 258 g/mol. The van der Waals surface area contributed by atoms with Crippen LogP contribution >= 0.6 is 0 Å². The van der Waals surface area contributed by atoms with Crippen molar-refractivity contribution >= 4 is 6.09 Å². The number of ether oxygens (including phenoxy) is 1. The average molecular weight is 285 g/mol. The molecule has 0 aliphatic carbocycles. The summed E-state index contributed by atoms with van der Waals surface area (Å²) in [6.07, 6.45) is 0.567. The van der Waals surface area contributed by atoms with Crippen LogP contribution in [0.4, 0.5) is 4.79 Å². The molecule has 2 saturated heterocycles. The first-order chi connectivity index (χ1) is 9.27. The number of carbonyl (C=O) groups is 1. The highest BCUT2D eigenvalue weighted by Crippen LogP contribution is 2.18. The first-order valence-corrected chi connectivity index (χ1v) is 7.41. The van der Waals surface area contributed by atoms with Gasteiger partial charge in [-0.15, -0.1) is 0 Å². The van der Waals surface area contributed by atoms with Crippen LogP contribution in [-0.4, -0.2) is 78.0 Å². The predicted octanol–water partition coefficient (Wildman–Crippen LogP) is 0.264. The third kappa shape index (κ3) is 4.33. The van der Waals surface area contributed by atoms with Crippen LogP contribution in [0.3, 0.4) is 0 Å². The van der Waals surface area contributed by atoms with Crippen LogP contribution in [0, 0.1) is 0 Å². The lowest BCUT2D eigenvalue weighted by Crippen LogP contribution is -2.54. The van der Waals surface area contributed by atoms with Gasteiger partial charge < -0.3 is 20.1 Å². The van der Waals surface area contributed by atoms with Crippen LogP contribution < -0.4 is 5.32 Å². The van der Waals surface area contributed by atoms with Crippen LogP contribution in [0.2, 0.25) is 0 Å². The highest BCUT2D eigenvalue weighted by atomic mass is 16.6. The van der Waals surface area contributed by atoms with E-state index in [-0.39, 0.29) is 6.09 Å². The van der Waals surface area contributed by atoms with Gasteiger partial charge in [0.15, 0.2) is 0 Å². The van der Waals surface area contributed by atoms with Crippen molar-refractivity contribution in [3.63, 3.8) is 0 Å². The minimum Gasteiger partial charge on any atom is -0.444 e. The second-order valence-corrected chi connectivity index (χ2v) is 6.89. The molecule has 20 heavy (non-hydrogen) atoms. The van der Waals surface area contributed by atoms with E-state index in [0.29, 0.717) is 26.2 Å². The monoisotopic (exact) mass is 285 g/mol. The number of carbonyl (C=O) groups excluding carboxylic acids is 1. The Morgan fingerprint density at radius 3 is 2.45 bits per heavy atom. The molecule has 1 atom stereocenters. The number of nitrogens with zero attached hydrogens (tertiary/aromatic N) is 2. The summed E-state index contributed by atoms with van der Waals surface area (Å²) in [4.78, 5) is 15.9. The molecule has 2 aliphatic heterocycles. The van der Waals surface area contributed by atoms with E-state index in [0.717, 1.165) is 26.1 Å². The van der Waals surface area contributed by atoms with Gasteiger partial charge in [0.05, 0.1) is 5.60 Å². The summed E-state index contributed by atoms with van der Waals surface area (Å²) in [7, 11) is 0.